The maximum Gasteiger partial charge on any atom is 0.216 e. The van der Waals surface area contributed by atoms with Crippen LogP contribution in [-0.2, 0) is 18.3 Å². The summed E-state index contributed by atoms with van der Waals surface area (Å²) in [5.41, 5.74) is 0.995. The Kier molecular flexibility index (Phi) is 3.31. The Morgan fingerprint density at radius 2 is 2.12 bits per heavy atom. The maximum absolute atomic E-state index is 11.7. The number of hydrogen-bond acceptors (Lipinski definition) is 5. The van der Waals surface area contributed by atoms with Gasteiger partial charge in [-0.3, -0.25) is 4.79 Å². The van der Waals surface area contributed by atoms with E-state index >= 15 is 0 Å². The smallest absolute Gasteiger partial charge is 0.216 e. The molecule has 0 amide bonds. The molecule has 2 aromatic rings. The van der Waals surface area contributed by atoms with Gasteiger partial charge in [-0.05, 0) is 27.8 Å². The molecule has 0 aliphatic carbocycles. The van der Waals surface area contributed by atoms with E-state index in [0.29, 0.717) is 11.6 Å². The molecule has 0 aliphatic heterocycles. The highest BCUT2D eigenvalue weighted by Crippen LogP contribution is 2.16. The Bertz CT molecular complexity index is 483. The number of carbonyl (C=O) groups excluding carboxylic acids is 1. The van der Waals surface area contributed by atoms with Crippen LogP contribution in [0, 0.1) is 0 Å². The van der Waals surface area contributed by atoms with Crippen LogP contribution in [0.15, 0.2) is 35.5 Å². The Balaban J connectivity index is 1.98. The van der Waals surface area contributed by atoms with Crippen LogP contribution in [-0.4, -0.2) is 25.3 Å². The molecule has 1 aromatic heterocycles. The van der Waals surface area contributed by atoms with Crippen molar-refractivity contribution in [3.63, 3.8) is 0 Å². The summed E-state index contributed by atoms with van der Waals surface area (Å²) in [6, 6.07) is 9.60. The van der Waals surface area contributed by atoms with Crippen LogP contribution in [0.25, 0.3) is 0 Å². The predicted molar refractivity (Wildman–Crippen MR) is 59.8 cm³/mol. The van der Waals surface area contributed by atoms with Crippen LogP contribution in [0.4, 0.5) is 0 Å². The van der Waals surface area contributed by atoms with Crippen molar-refractivity contribution in [2.24, 2.45) is 7.05 Å². The molecule has 0 radical (unpaired) electrons. The van der Waals surface area contributed by atoms with Gasteiger partial charge in [0.1, 0.15) is 0 Å². The lowest BCUT2D eigenvalue weighted by Gasteiger charge is -1.99. The van der Waals surface area contributed by atoms with Gasteiger partial charge in [0, 0.05) is 13.5 Å². The third-order valence-electron chi connectivity index (χ3n) is 1.98. The minimum absolute atomic E-state index is 0.0316. The van der Waals surface area contributed by atoms with Crippen LogP contribution in [0.5, 0.6) is 0 Å². The Labute approximate surface area is 96.9 Å². The number of nitrogens with zero attached hydrogens (tertiary/aromatic N) is 4. The van der Waals surface area contributed by atoms with Gasteiger partial charge < -0.3 is 0 Å². The molecule has 82 valence electrons. The second-order valence-corrected chi connectivity index (χ2v) is 4.25. The Morgan fingerprint density at radius 1 is 1.38 bits per heavy atom. The fourth-order valence-electron chi connectivity index (χ4n) is 1.21. The molecule has 2 rings (SSSR count). The van der Waals surface area contributed by atoms with Crippen LogP contribution < -0.4 is 0 Å². The zero-order valence-electron chi connectivity index (χ0n) is 8.70. The second kappa shape index (κ2) is 4.89. The highest BCUT2D eigenvalue weighted by Gasteiger charge is 2.10. The number of tetrazole rings is 1. The molecule has 0 atom stereocenters. The van der Waals surface area contributed by atoms with E-state index < -0.39 is 0 Å². The van der Waals surface area contributed by atoms with Crippen molar-refractivity contribution < 1.29 is 4.79 Å². The number of hydrogen-bond donors (Lipinski definition) is 0. The van der Waals surface area contributed by atoms with Crippen molar-refractivity contribution in [3.05, 3.63) is 35.9 Å². The van der Waals surface area contributed by atoms with Gasteiger partial charge in [-0.25, -0.2) is 4.68 Å². The first-order valence-electron chi connectivity index (χ1n) is 4.72. The minimum atomic E-state index is 0.0316. The van der Waals surface area contributed by atoms with Crippen molar-refractivity contribution in [1.29, 1.82) is 0 Å². The molecular formula is C10H10N4OS. The van der Waals surface area contributed by atoms with Gasteiger partial charge in [-0.1, -0.05) is 30.3 Å². The normalized spacial score (nSPS) is 10.3. The molecule has 0 unspecified atom stereocenters. The molecule has 0 aliphatic rings. The molecule has 1 aromatic carbocycles. The van der Waals surface area contributed by atoms with Gasteiger partial charge in [0.2, 0.25) is 10.3 Å². The molecular weight excluding hydrogens is 224 g/mol. The average Bonchev–Trinajstić information content (AvgIpc) is 2.66. The summed E-state index contributed by atoms with van der Waals surface area (Å²) in [5, 5.41) is 11.4. The number of aryl methyl sites for hydroxylation is 1. The summed E-state index contributed by atoms with van der Waals surface area (Å²) in [7, 11) is 1.71. The third kappa shape index (κ3) is 2.66. The van der Waals surface area contributed by atoms with Gasteiger partial charge in [0.15, 0.2) is 0 Å². The second-order valence-electron chi connectivity index (χ2n) is 3.22. The molecule has 1 heterocycles. The molecule has 0 bridgehead atoms. The van der Waals surface area contributed by atoms with Gasteiger partial charge in [-0.2, -0.15) is 0 Å². The average molecular weight is 234 g/mol. The maximum atomic E-state index is 11.7. The summed E-state index contributed by atoms with van der Waals surface area (Å²) in [4.78, 5) is 11.7. The number of aromatic nitrogens is 4. The molecule has 0 N–H and O–H groups in total. The molecule has 0 spiro atoms. The van der Waals surface area contributed by atoms with Crippen molar-refractivity contribution in [2.75, 3.05) is 0 Å². The molecule has 0 fully saturated rings. The van der Waals surface area contributed by atoms with Crippen molar-refractivity contribution in [2.45, 2.75) is 11.6 Å². The fourth-order valence-corrected chi connectivity index (χ4v) is 1.90. The van der Waals surface area contributed by atoms with Gasteiger partial charge >= 0.3 is 0 Å². The summed E-state index contributed by atoms with van der Waals surface area (Å²) >= 11 is 1.06. The van der Waals surface area contributed by atoms with E-state index in [4.69, 9.17) is 0 Å². The first-order valence-corrected chi connectivity index (χ1v) is 5.54. The highest BCUT2D eigenvalue weighted by atomic mass is 32.2. The van der Waals surface area contributed by atoms with E-state index in [0.717, 1.165) is 17.3 Å². The van der Waals surface area contributed by atoms with Crippen molar-refractivity contribution in [3.8, 4) is 0 Å². The molecule has 5 nitrogen and oxygen atoms in total. The van der Waals surface area contributed by atoms with E-state index in [9.17, 15) is 4.79 Å². The van der Waals surface area contributed by atoms with E-state index in [2.05, 4.69) is 15.5 Å². The fraction of sp³-hybridized carbons (Fsp3) is 0.200. The van der Waals surface area contributed by atoms with E-state index in [1.165, 1.54) is 4.68 Å². The van der Waals surface area contributed by atoms with Crippen LogP contribution in [0.3, 0.4) is 0 Å². The zero-order valence-corrected chi connectivity index (χ0v) is 9.52. The first-order chi connectivity index (χ1) is 7.75. The molecule has 0 saturated carbocycles. The standard InChI is InChI=1S/C10H10N4OS/c1-14-10(11-12-13-14)16-9(15)7-8-5-3-2-4-6-8/h2-6H,7H2,1H3. The lowest BCUT2D eigenvalue weighted by Crippen LogP contribution is -2.01. The van der Waals surface area contributed by atoms with Gasteiger partial charge in [-0.15, -0.1) is 5.10 Å². The predicted octanol–water partition coefficient (Wildman–Crippen LogP) is 1.07. The number of thioether (sulfide) groups is 1. The molecule has 0 saturated heterocycles. The third-order valence-corrected chi connectivity index (χ3v) is 2.88. The van der Waals surface area contributed by atoms with Crippen LogP contribution in [0.1, 0.15) is 5.56 Å². The van der Waals surface area contributed by atoms with Crippen LogP contribution >= 0.6 is 11.8 Å². The zero-order chi connectivity index (χ0) is 11.4. The SMILES string of the molecule is Cn1nnnc1SC(=O)Cc1ccccc1. The Hall–Kier alpha value is -1.69. The number of rotatable bonds is 3. The summed E-state index contributed by atoms with van der Waals surface area (Å²) in [6.45, 7) is 0. The largest absolute Gasteiger partial charge is 0.286 e. The quantitative estimate of drug-likeness (QED) is 0.743. The van der Waals surface area contributed by atoms with E-state index in [-0.39, 0.29) is 5.12 Å². The first kappa shape index (κ1) is 10.8. The van der Waals surface area contributed by atoms with E-state index in [1.54, 1.807) is 7.05 Å². The number of benzene rings is 1. The molecule has 6 heteroatoms. The lowest BCUT2D eigenvalue weighted by atomic mass is 10.2. The number of carbonyl (C=O) groups is 1. The van der Waals surface area contributed by atoms with Crippen molar-refractivity contribution in [1.82, 2.24) is 20.2 Å². The summed E-state index contributed by atoms with van der Waals surface area (Å²) < 4.78 is 1.48. The Morgan fingerprint density at radius 3 is 2.75 bits per heavy atom. The van der Waals surface area contributed by atoms with Crippen molar-refractivity contribution >= 4 is 16.9 Å². The summed E-state index contributed by atoms with van der Waals surface area (Å²) in [6.07, 6.45) is 0.387. The van der Waals surface area contributed by atoms with Gasteiger partial charge in [0.25, 0.3) is 0 Å². The highest BCUT2D eigenvalue weighted by molar-refractivity contribution is 8.13. The minimum Gasteiger partial charge on any atom is -0.286 e. The van der Waals surface area contributed by atoms with Gasteiger partial charge in [0.05, 0.1) is 0 Å². The molecule has 16 heavy (non-hydrogen) atoms. The monoisotopic (exact) mass is 234 g/mol. The summed E-state index contributed by atoms with van der Waals surface area (Å²) in [5.74, 6) is 0. The lowest BCUT2D eigenvalue weighted by molar-refractivity contribution is -0.110. The van der Waals surface area contributed by atoms with E-state index in [1.807, 2.05) is 30.3 Å². The topological polar surface area (TPSA) is 60.7 Å². The van der Waals surface area contributed by atoms with Crippen LogP contribution in [0.2, 0.25) is 0 Å².